The monoisotopic (exact) mass is 357 g/mol. The molecule has 5 heteroatoms. The Labute approximate surface area is 155 Å². The van der Waals surface area contributed by atoms with Gasteiger partial charge in [0.15, 0.2) is 0 Å². The fraction of sp³-hybridized carbons (Fsp3) is 0.571. The number of nitrogens with zero attached hydrogens (tertiary/aromatic N) is 1. The largest absolute Gasteiger partial charge is 0.444 e. The molecule has 2 aromatic rings. The fourth-order valence-electron chi connectivity index (χ4n) is 4.05. The van der Waals surface area contributed by atoms with Gasteiger partial charge >= 0.3 is 6.09 Å². The molecule has 1 amide bonds. The zero-order valence-corrected chi connectivity index (χ0v) is 16.3. The highest BCUT2D eigenvalue weighted by molar-refractivity contribution is 5.86. The van der Waals surface area contributed by atoms with Crippen LogP contribution in [0.15, 0.2) is 24.4 Å². The highest BCUT2D eigenvalue weighted by Crippen LogP contribution is 2.38. The summed E-state index contributed by atoms with van der Waals surface area (Å²) in [5, 5.41) is 1.23. The third-order valence-electron chi connectivity index (χ3n) is 5.28. The van der Waals surface area contributed by atoms with E-state index in [-0.39, 0.29) is 12.1 Å². The van der Waals surface area contributed by atoms with E-state index >= 15 is 0 Å². The molecule has 1 fully saturated rings. The molecule has 142 valence electrons. The average Bonchev–Trinajstić information content (AvgIpc) is 2.97. The molecule has 3 rings (SSSR count). The zero-order valence-electron chi connectivity index (χ0n) is 16.3. The van der Waals surface area contributed by atoms with Gasteiger partial charge in [-0.2, -0.15) is 0 Å². The van der Waals surface area contributed by atoms with Crippen molar-refractivity contribution in [3.8, 4) is 0 Å². The summed E-state index contributed by atoms with van der Waals surface area (Å²) < 4.78 is 5.58. The van der Waals surface area contributed by atoms with Crippen LogP contribution in [0, 0.1) is 0 Å². The van der Waals surface area contributed by atoms with Gasteiger partial charge in [0.2, 0.25) is 0 Å². The number of amides is 1. The smallest absolute Gasteiger partial charge is 0.410 e. The predicted molar refractivity (Wildman–Crippen MR) is 106 cm³/mol. The second-order valence-electron chi connectivity index (χ2n) is 8.32. The number of rotatable bonds is 3. The molecule has 0 radical (unpaired) electrons. The van der Waals surface area contributed by atoms with Crippen LogP contribution in [0.2, 0.25) is 0 Å². The third kappa shape index (κ3) is 3.97. The van der Waals surface area contributed by atoms with Crippen molar-refractivity contribution in [1.29, 1.82) is 0 Å². The predicted octanol–water partition coefficient (Wildman–Crippen LogP) is 5.03. The Morgan fingerprint density at radius 1 is 1.27 bits per heavy atom. The summed E-state index contributed by atoms with van der Waals surface area (Å²) >= 11 is 0. The first-order valence-electron chi connectivity index (χ1n) is 9.64. The highest BCUT2D eigenvalue weighted by atomic mass is 16.6. The first-order chi connectivity index (χ1) is 12.3. The Hall–Kier alpha value is -2.17. The summed E-state index contributed by atoms with van der Waals surface area (Å²) in [5.74, 6) is 0.513. The van der Waals surface area contributed by atoms with E-state index in [1.807, 2.05) is 44.7 Å². The van der Waals surface area contributed by atoms with Gasteiger partial charge < -0.3 is 20.4 Å². The molecule has 3 N–H and O–H groups in total. The van der Waals surface area contributed by atoms with Gasteiger partial charge in [-0.15, -0.1) is 0 Å². The second-order valence-corrected chi connectivity index (χ2v) is 8.32. The molecule has 0 atom stereocenters. The molecular weight excluding hydrogens is 326 g/mol. The zero-order chi connectivity index (χ0) is 18.9. The molecule has 1 saturated carbocycles. The molecule has 5 nitrogen and oxygen atoms in total. The van der Waals surface area contributed by atoms with Crippen LogP contribution >= 0.6 is 0 Å². The lowest BCUT2D eigenvalue weighted by atomic mass is 9.81. The number of ether oxygens (including phenoxy) is 1. The molecule has 26 heavy (non-hydrogen) atoms. The number of hydrogen-bond acceptors (Lipinski definition) is 3. The molecule has 0 unspecified atom stereocenters. The summed E-state index contributed by atoms with van der Waals surface area (Å²) in [6, 6.07) is 6.30. The maximum Gasteiger partial charge on any atom is 0.410 e. The molecule has 0 spiro atoms. The van der Waals surface area contributed by atoms with E-state index in [0.717, 1.165) is 36.9 Å². The summed E-state index contributed by atoms with van der Waals surface area (Å²) in [6.07, 6.45) is 6.10. The van der Waals surface area contributed by atoms with Gasteiger partial charge in [-0.3, -0.25) is 0 Å². The van der Waals surface area contributed by atoms with Crippen molar-refractivity contribution in [2.75, 3.05) is 12.3 Å². The first kappa shape index (κ1) is 18.6. The number of aromatic amines is 1. The third-order valence-corrected chi connectivity index (χ3v) is 5.28. The Morgan fingerprint density at radius 2 is 1.96 bits per heavy atom. The highest BCUT2D eigenvalue weighted by Gasteiger charge is 2.31. The van der Waals surface area contributed by atoms with E-state index in [0.29, 0.717) is 12.5 Å². The van der Waals surface area contributed by atoms with Crippen LogP contribution in [0.1, 0.15) is 64.9 Å². The number of nitrogen functional groups attached to an aromatic ring is 1. The molecular formula is C21H31N3O2. The van der Waals surface area contributed by atoms with Gasteiger partial charge in [-0.1, -0.05) is 0 Å². The average molecular weight is 357 g/mol. The number of nitrogens with two attached hydrogens (primary N) is 1. The van der Waals surface area contributed by atoms with Crippen molar-refractivity contribution >= 4 is 22.7 Å². The van der Waals surface area contributed by atoms with Gasteiger partial charge in [0, 0.05) is 35.4 Å². The number of benzene rings is 1. The van der Waals surface area contributed by atoms with Crippen LogP contribution in [0.3, 0.4) is 0 Å². The minimum Gasteiger partial charge on any atom is -0.444 e. The Kier molecular flexibility index (Phi) is 5.17. The maximum absolute atomic E-state index is 12.5. The number of H-pyrrole nitrogens is 1. The molecule has 0 bridgehead atoms. The van der Waals surface area contributed by atoms with Gasteiger partial charge in [0.05, 0.1) is 0 Å². The number of nitrogens with one attached hydrogen (secondary N) is 1. The summed E-state index contributed by atoms with van der Waals surface area (Å²) in [5.41, 5.74) is 8.81. The molecule has 1 aromatic heterocycles. The van der Waals surface area contributed by atoms with Gasteiger partial charge in [-0.05, 0) is 83.1 Å². The first-order valence-corrected chi connectivity index (χ1v) is 9.64. The molecule has 0 saturated heterocycles. The van der Waals surface area contributed by atoms with Crippen molar-refractivity contribution in [3.05, 3.63) is 30.0 Å². The minimum absolute atomic E-state index is 0.191. The lowest BCUT2D eigenvalue weighted by molar-refractivity contribution is 0.0129. The number of aromatic nitrogens is 1. The summed E-state index contributed by atoms with van der Waals surface area (Å²) in [6.45, 7) is 8.46. The van der Waals surface area contributed by atoms with Crippen LogP contribution in [-0.4, -0.2) is 34.2 Å². The van der Waals surface area contributed by atoms with Gasteiger partial charge in [0.1, 0.15) is 5.60 Å². The Bertz CT molecular complexity index is 767. The van der Waals surface area contributed by atoms with Crippen molar-refractivity contribution in [3.63, 3.8) is 0 Å². The van der Waals surface area contributed by atoms with Crippen LogP contribution < -0.4 is 5.73 Å². The minimum atomic E-state index is -0.453. The van der Waals surface area contributed by atoms with E-state index in [1.54, 1.807) is 0 Å². The van der Waals surface area contributed by atoms with Crippen molar-refractivity contribution in [2.24, 2.45) is 0 Å². The molecule has 1 heterocycles. The quantitative estimate of drug-likeness (QED) is 0.757. The standard InChI is InChI=1S/C21H31N3O2/c1-5-24(20(25)26-21(2,3)4)16-9-6-14(7-10-16)18-13-23-19-11-8-15(22)12-17(18)19/h8,11-14,16,23H,5-7,9-10,22H2,1-4H3. The lowest BCUT2D eigenvalue weighted by Gasteiger charge is -2.37. The second kappa shape index (κ2) is 7.22. The number of hydrogen-bond donors (Lipinski definition) is 2. The van der Waals surface area contributed by atoms with Gasteiger partial charge in [0.25, 0.3) is 0 Å². The van der Waals surface area contributed by atoms with Crippen molar-refractivity contribution in [1.82, 2.24) is 9.88 Å². The normalized spacial score (nSPS) is 20.9. The van der Waals surface area contributed by atoms with E-state index in [1.165, 1.54) is 10.9 Å². The fourth-order valence-corrected chi connectivity index (χ4v) is 4.05. The maximum atomic E-state index is 12.5. The summed E-state index contributed by atoms with van der Waals surface area (Å²) in [7, 11) is 0. The van der Waals surface area contributed by atoms with Crippen LogP contribution in [0.25, 0.3) is 10.9 Å². The summed E-state index contributed by atoms with van der Waals surface area (Å²) in [4.78, 5) is 17.8. The van der Waals surface area contributed by atoms with E-state index < -0.39 is 5.60 Å². The van der Waals surface area contributed by atoms with Crippen LogP contribution in [0.5, 0.6) is 0 Å². The van der Waals surface area contributed by atoms with E-state index in [2.05, 4.69) is 17.2 Å². The van der Waals surface area contributed by atoms with Crippen molar-refractivity contribution < 1.29 is 9.53 Å². The van der Waals surface area contributed by atoms with Gasteiger partial charge in [-0.25, -0.2) is 4.79 Å². The molecule has 1 aromatic carbocycles. The SMILES string of the molecule is CCN(C(=O)OC(C)(C)C)C1CCC(c2c[nH]c3ccc(N)cc23)CC1. The Morgan fingerprint density at radius 3 is 2.58 bits per heavy atom. The number of carbonyl (C=O) groups excluding carboxylic acids is 1. The number of carbonyl (C=O) groups is 1. The van der Waals surface area contributed by atoms with Crippen molar-refractivity contribution in [2.45, 2.75) is 70.9 Å². The van der Waals surface area contributed by atoms with Crippen LogP contribution in [0.4, 0.5) is 10.5 Å². The van der Waals surface area contributed by atoms with E-state index in [4.69, 9.17) is 10.5 Å². The topological polar surface area (TPSA) is 71.3 Å². The van der Waals surface area contributed by atoms with Crippen LogP contribution in [-0.2, 0) is 4.74 Å². The Balaban J connectivity index is 1.68. The number of fused-ring (bicyclic) bond motifs is 1. The van der Waals surface area contributed by atoms with E-state index in [9.17, 15) is 4.79 Å². The lowest BCUT2D eigenvalue weighted by Crippen LogP contribution is -2.44. The molecule has 1 aliphatic carbocycles. The molecule has 1 aliphatic rings. The number of anilines is 1. The molecule has 0 aliphatic heterocycles.